The van der Waals surface area contributed by atoms with Crippen LogP contribution in [0.25, 0.3) is 11.1 Å². The number of aryl methyl sites for hydroxylation is 1. The summed E-state index contributed by atoms with van der Waals surface area (Å²) in [4.78, 5) is 8.99. The molecule has 0 amide bonds. The van der Waals surface area contributed by atoms with E-state index in [0.29, 0.717) is 5.92 Å². The Balaban J connectivity index is 1.23. The molecule has 1 saturated heterocycles. The SMILES string of the molecule is Cc1cccc(-c2ccc([C@@H]3CN(CCCCN(C)Cc4cccnc4)[C@@H]3CO)cc2)c1. The summed E-state index contributed by atoms with van der Waals surface area (Å²) in [5, 5.41) is 10.0. The Morgan fingerprint density at radius 1 is 1.03 bits per heavy atom. The smallest absolute Gasteiger partial charge is 0.0593 e. The summed E-state index contributed by atoms with van der Waals surface area (Å²) < 4.78 is 0. The van der Waals surface area contributed by atoms with Gasteiger partial charge in [-0.25, -0.2) is 0 Å². The third kappa shape index (κ3) is 5.63. The number of aliphatic hydroxyl groups is 1. The lowest BCUT2D eigenvalue weighted by atomic mass is 9.82. The molecule has 1 aliphatic rings. The summed E-state index contributed by atoms with van der Waals surface area (Å²) in [5.74, 6) is 0.430. The Bertz CT molecular complexity index is 973. The van der Waals surface area contributed by atoms with E-state index in [1.165, 1.54) is 34.2 Å². The standard InChI is InChI=1S/C28H35N3O/c1-22-7-5-9-26(17-22)24-10-12-25(13-11-24)27-20-31(28(27)21-32)16-4-3-15-30(2)19-23-8-6-14-29-18-23/h5-14,17-18,27-28,32H,3-4,15-16,19-21H2,1-2H3/t27-,28+/m0/s1. The lowest BCUT2D eigenvalue weighted by Gasteiger charge is -2.48. The second-order valence-electron chi connectivity index (χ2n) is 9.15. The highest BCUT2D eigenvalue weighted by Gasteiger charge is 2.38. The van der Waals surface area contributed by atoms with Gasteiger partial charge in [-0.2, -0.15) is 0 Å². The second kappa shape index (κ2) is 10.9. The minimum Gasteiger partial charge on any atom is -0.395 e. The first-order valence-corrected chi connectivity index (χ1v) is 11.7. The topological polar surface area (TPSA) is 39.6 Å². The van der Waals surface area contributed by atoms with E-state index in [1.54, 1.807) is 0 Å². The van der Waals surface area contributed by atoms with Gasteiger partial charge in [0.2, 0.25) is 0 Å². The van der Waals surface area contributed by atoms with Crippen LogP contribution in [0.4, 0.5) is 0 Å². The second-order valence-corrected chi connectivity index (χ2v) is 9.15. The van der Waals surface area contributed by atoms with Crippen LogP contribution in [0.2, 0.25) is 0 Å². The molecule has 2 aromatic carbocycles. The Labute approximate surface area is 192 Å². The van der Waals surface area contributed by atoms with Crippen LogP contribution in [-0.4, -0.2) is 59.2 Å². The lowest BCUT2D eigenvalue weighted by molar-refractivity contribution is 0.0156. The summed E-state index contributed by atoms with van der Waals surface area (Å²) in [6.07, 6.45) is 6.09. The normalized spacial score (nSPS) is 18.6. The average Bonchev–Trinajstić information content (AvgIpc) is 2.79. The Hall–Kier alpha value is -2.53. The van der Waals surface area contributed by atoms with E-state index in [4.69, 9.17) is 0 Å². The summed E-state index contributed by atoms with van der Waals surface area (Å²) in [7, 11) is 2.17. The highest BCUT2D eigenvalue weighted by molar-refractivity contribution is 5.64. The number of benzene rings is 2. The first-order valence-electron chi connectivity index (χ1n) is 11.7. The molecule has 1 fully saturated rings. The van der Waals surface area contributed by atoms with Crippen molar-refractivity contribution in [2.75, 3.05) is 33.3 Å². The molecule has 4 heteroatoms. The fourth-order valence-electron chi connectivity index (χ4n) is 4.78. The zero-order valence-electron chi connectivity index (χ0n) is 19.3. The van der Waals surface area contributed by atoms with Crippen molar-refractivity contribution in [3.05, 3.63) is 89.7 Å². The van der Waals surface area contributed by atoms with E-state index in [9.17, 15) is 5.11 Å². The highest BCUT2D eigenvalue weighted by Crippen LogP contribution is 2.35. The molecule has 1 N–H and O–H groups in total. The van der Waals surface area contributed by atoms with E-state index in [-0.39, 0.29) is 12.6 Å². The van der Waals surface area contributed by atoms with Crippen molar-refractivity contribution in [3.8, 4) is 11.1 Å². The van der Waals surface area contributed by atoms with Crippen molar-refractivity contribution in [2.45, 2.75) is 38.3 Å². The van der Waals surface area contributed by atoms with Crippen LogP contribution < -0.4 is 0 Å². The van der Waals surface area contributed by atoms with E-state index in [2.05, 4.69) is 83.4 Å². The van der Waals surface area contributed by atoms with Gasteiger partial charge in [-0.1, -0.05) is 60.2 Å². The Morgan fingerprint density at radius 3 is 2.59 bits per heavy atom. The third-order valence-corrected chi connectivity index (χ3v) is 6.65. The van der Waals surface area contributed by atoms with Gasteiger partial charge in [-0.15, -0.1) is 0 Å². The number of aromatic nitrogens is 1. The number of hydrogen-bond acceptors (Lipinski definition) is 4. The van der Waals surface area contributed by atoms with Crippen molar-refractivity contribution in [1.29, 1.82) is 0 Å². The van der Waals surface area contributed by atoms with Gasteiger partial charge in [0.25, 0.3) is 0 Å². The lowest BCUT2D eigenvalue weighted by Crippen LogP contribution is -2.56. The fraction of sp³-hybridized carbons (Fsp3) is 0.393. The highest BCUT2D eigenvalue weighted by atomic mass is 16.3. The van der Waals surface area contributed by atoms with Gasteiger partial charge in [0.15, 0.2) is 0 Å². The van der Waals surface area contributed by atoms with Crippen LogP contribution in [0.3, 0.4) is 0 Å². The van der Waals surface area contributed by atoms with Crippen molar-refractivity contribution < 1.29 is 5.11 Å². The predicted molar refractivity (Wildman–Crippen MR) is 132 cm³/mol. The molecular weight excluding hydrogens is 394 g/mol. The van der Waals surface area contributed by atoms with Crippen LogP contribution in [0.1, 0.15) is 35.4 Å². The predicted octanol–water partition coefficient (Wildman–Crippen LogP) is 4.73. The van der Waals surface area contributed by atoms with Crippen LogP contribution >= 0.6 is 0 Å². The number of pyridine rings is 1. The van der Waals surface area contributed by atoms with Crippen molar-refractivity contribution in [2.24, 2.45) is 0 Å². The molecule has 4 rings (SSSR count). The molecule has 2 heterocycles. The molecule has 0 saturated carbocycles. The number of rotatable bonds is 10. The maximum Gasteiger partial charge on any atom is 0.0593 e. The third-order valence-electron chi connectivity index (χ3n) is 6.65. The molecule has 1 aromatic heterocycles. The van der Waals surface area contributed by atoms with E-state index < -0.39 is 0 Å². The molecule has 0 unspecified atom stereocenters. The van der Waals surface area contributed by atoms with Gasteiger partial charge in [-0.05, 0) is 68.2 Å². The fourth-order valence-corrected chi connectivity index (χ4v) is 4.78. The summed E-state index contributed by atoms with van der Waals surface area (Å²) >= 11 is 0. The number of aliphatic hydroxyl groups excluding tert-OH is 1. The quantitative estimate of drug-likeness (QED) is 0.473. The zero-order valence-corrected chi connectivity index (χ0v) is 19.3. The molecule has 0 spiro atoms. The van der Waals surface area contributed by atoms with E-state index >= 15 is 0 Å². The largest absolute Gasteiger partial charge is 0.395 e. The molecular formula is C28H35N3O. The van der Waals surface area contributed by atoms with Crippen molar-refractivity contribution >= 4 is 0 Å². The van der Waals surface area contributed by atoms with E-state index in [0.717, 1.165) is 32.6 Å². The zero-order chi connectivity index (χ0) is 22.3. The average molecular weight is 430 g/mol. The van der Waals surface area contributed by atoms with Crippen LogP contribution in [0.15, 0.2) is 73.1 Å². The van der Waals surface area contributed by atoms with Gasteiger partial charge < -0.3 is 10.0 Å². The number of hydrogen-bond donors (Lipinski definition) is 1. The van der Waals surface area contributed by atoms with Crippen LogP contribution in [0, 0.1) is 6.92 Å². The van der Waals surface area contributed by atoms with Crippen molar-refractivity contribution in [3.63, 3.8) is 0 Å². The molecule has 0 aliphatic carbocycles. The molecule has 168 valence electrons. The van der Waals surface area contributed by atoms with Crippen LogP contribution in [-0.2, 0) is 6.54 Å². The molecule has 3 aromatic rings. The Morgan fingerprint density at radius 2 is 1.88 bits per heavy atom. The van der Waals surface area contributed by atoms with E-state index in [1.807, 2.05) is 18.5 Å². The number of likely N-dealkylation sites (tertiary alicyclic amines) is 1. The first-order chi connectivity index (χ1) is 15.6. The molecule has 4 nitrogen and oxygen atoms in total. The van der Waals surface area contributed by atoms with Gasteiger partial charge >= 0.3 is 0 Å². The summed E-state index contributed by atoms with van der Waals surface area (Å²) in [6, 6.07) is 21.9. The first kappa shape index (κ1) is 22.7. The van der Waals surface area contributed by atoms with Gasteiger partial charge in [0.1, 0.15) is 0 Å². The van der Waals surface area contributed by atoms with Gasteiger partial charge in [-0.3, -0.25) is 9.88 Å². The Kier molecular flexibility index (Phi) is 7.69. The number of unbranched alkanes of at least 4 members (excludes halogenated alkanes) is 1. The maximum absolute atomic E-state index is 10.0. The molecule has 0 bridgehead atoms. The van der Waals surface area contributed by atoms with Gasteiger partial charge in [0, 0.05) is 37.4 Å². The maximum atomic E-state index is 10.0. The summed E-state index contributed by atoms with van der Waals surface area (Å²) in [6.45, 7) is 6.48. The molecule has 0 radical (unpaired) electrons. The molecule has 32 heavy (non-hydrogen) atoms. The van der Waals surface area contributed by atoms with Crippen molar-refractivity contribution in [1.82, 2.24) is 14.8 Å². The molecule has 1 aliphatic heterocycles. The van der Waals surface area contributed by atoms with Gasteiger partial charge in [0.05, 0.1) is 6.61 Å². The van der Waals surface area contributed by atoms with Crippen LogP contribution in [0.5, 0.6) is 0 Å². The minimum atomic E-state index is 0.227. The summed E-state index contributed by atoms with van der Waals surface area (Å²) in [5.41, 5.74) is 6.40. The monoisotopic (exact) mass is 429 g/mol. The minimum absolute atomic E-state index is 0.227. The number of nitrogens with zero attached hydrogens (tertiary/aromatic N) is 3. The molecule has 2 atom stereocenters.